The van der Waals surface area contributed by atoms with E-state index in [0.717, 1.165) is 54.4 Å². The molecule has 5 N–H and O–H groups in total. The van der Waals surface area contributed by atoms with Crippen molar-refractivity contribution in [3.8, 4) is 32.8 Å². The van der Waals surface area contributed by atoms with Gasteiger partial charge in [0.2, 0.25) is 39.6 Å². The number of pyridine rings is 1. The fourth-order valence-electron chi connectivity index (χ4n) is 8.99. The molecule has 6 aromatic rings. The molecular weight excluding hydrogens is 1030 g/mol. The SMILES string of the molecule is Cc1ncsc1-c1ccc(CNC(=O)[C@@H]2C[C@@H](O)CN2C(=O)[C@@H](NC(=O)CCCC(=O)N2CCN(c3cc(-c4cccc(-c5csc(NC(=O)CNC(=O)c6ccn(S(C)(=O)=O)c6)n5)c4)ccn3)CC2)C(C)(C)C)cc1. The van der Waals surface area contributed by atoms with Crippen molar-refractivity contribution < 1.29 is 42.3 Å². The minimum atomic E-state index is -3.55. The van der Waals surface area contributed by atoms with Crippen LogP contribution >= 0.6 is 22.7 Å². The molecule has 0 unspecified atom stereocenters. The van der Waals surface area contributed by atoms with Gasteiger partial charge in [0.1, 0.15) is 17.9 Å². The molecule has 0 saturated carbocycles. The largest absolute Gasteiger partial charge is 0.391 e. The number of hydrogen-bond donors (Lipinski definition) is 5. The Hall–Kier alpha value is -7.34. The number of benzene rings is 2. The van der Waals surface area contributed by atoms with Crippen LogP contribution in [0.2, 0.25) is 0 Å². The van der Waals surface area contributed by atoms with Gasteiger partial charge in [0.05, 0.1) is 46.2 Å². The molecule has 2 fully saturated rings. The van der Waals surface area contributed by atoms with Crippen molar-refractivity contribution in [2.45, 2.75) is 78.1 Å². The van der Waals surface area contributed by atoms with Gasteiger partial charge in [-0.15, -0.1) is 22.7 Å². The number of likely N-dealkylation sites (tertiary alicyclic amines) is 1. The summed E-state index contributed by atoms with van der Waals surface area (Å²) in [6.07, 6.45) is 4.81. The number of rotatable bonds is 18. The van der Waals surface area contributed by atoms with Crippen molar-refractivity contribution in [3.05, 3.63) is 113 Å². The van der Waals surface area contributed by atoms with Gasteiger partial charge in [-0.05, 0) is 65.3 Å². The molecule has 400 valence electrons. The number of carbonyl (C=O) groups excluding carboxylic acids is 6. The number of anilines is 2. The number of piperazine rings is 1. The van der Waals surface area contributed by atoms with Crippen LogP contribution in [0.1, 0.15) is 68.1 Å². The zero-order chi connectivity index (χ0) is 54.3. The molecule has 23 heteroatoms. The molecule has 8 rings (SSSR count). The summed E-state index contributed by atoms with van der Waals surface area (Å²) in [5, 5.41) is 23.8. The van der Waals surface area contributed by atoms with E-state index in [2.05, 4.69) is 41.1 Å². The average molecular weight is 1090 g/mol. The van der Waals surface area contributed by atoms with Gasteiger partial charge in [-0.3, -0.25) is 32.7 Å². The minimum Gasteiger partial charge on any atom is -0.391 e. The maximum Gasteiger partial charge on any atom is 0.253 e. The van der Waals surface area contributed by atoms with Crippen molar-refractivity contribution >= 4 is 79.1 Å². The lowest BCUT2D eigenvalue weighted by Gasteiger charge is -2.36. The number of thiazole rings is 2. The first-order chi connectivity index (χ1) is 36.2. The third kappa shape index (κ3) is 13.7. The van der Waals surface area contributed by atoms with Gasteiger partial charge in [0.15, 0.2) is 5.13 Å². The fourth-order valence-corrected chi connectivity index (χ4v) is 11.1. The molecule has 2 aromatic carbocycles. The summed E-state index contributed by atoms with van der Waals surface area (Å²) in [4.78, 5) is 99.4. The van der Waals surface area contributed by atoms with E-state index >= 15 is 0 Å². The standard InChI is InChI=1S/C53H61N11O9S3/c1-33-47(75-32-57-33)35-14-12-34(13-15-35)27-55-50(70)42-26-40(65)30-64(42)51(71)48(53(2,3)4)59-44(66)10-7-11-46(68)62-22-20-61(21-23-62)43-25-37(16-18-54-43)36-8-6-9-38(24-36)41-31-74-52(58-41)60-45(67)28-56-49(69)39-17-19-63(29-39)76(5,72)73/h6,8-9,12-19,24-25,29,31-32,40,42,48,65H,7,10-11,20-23,26-28,30H2,1-5H3,(H,55,70)(H,56,69)(H,59,66)(H,58,60,67)/t40-,42+,48-/m1/s1. The third-order valence-electron chi connectivity index (χ3n) is 13.2. The molecule has 0 bridgehead atoms. The molecule has 3 atom stereocenters. The first kappa shape index (κ1) is 54.9. The lowest BCUT2D eigenvalue weighted by Crippen LogP contribution is -2.57. The van der Waals surface area contributed by atoms with Crippen LogP contribution < -0.4 is 26.2 Å². The number of nitrogens with zero attached hydrogens (tertiary/aromatic N) is 7. The molecule has 0 spiro atoms. The maximum absolute atomic E-state index is 14.1. The van der Waals surface area contributed by atoms with Gasteiger partial charge >= 0.3 is 0 Å². The first-order valence-electron chi connectivity index (χ1n) is 24.8. The van der Waals surface area contributed by atoms with E-state index in [9.17, 15) is 42.3 Å². The van der Waals surface area contributed by atoms with Gasteiger partial charge in [-0.25, -0.2) is 23.4 Å². The molecule has 6 heterocycles. The van der Waals surface area contributed by atoms with Crippen LogP contribution in [-0.4, -0.2) is 141 Å². The number of aliphatic hydroxyl groups is 1. The smallest absolute Gasteiger partial charge is 0.253 e. The normalized spacial score (nSPS) is 16.3. The number of amides is 6. The number of aromatic nitrogens is 4. The zero-order valence-corrected chi connectivity index (χ0v) is 45.3. The highest BCUT2D eigenvalue weighted by molar-refractivity contribution is 7.89. The summed E-state index contributed by atoms with van der Waals surface area (Å²) in [5.74, 6) is -1.64. The lowest BCUT2D eigenvalue weighted by atomic mass is 9.85. The van der Waals surface area contributed by atoms with Crippen molar-refractivity contribution in [1.29, 1.82) is 0 Å². The van der Waals surface area contributed by atoms with Crippen LogP contribution in [0, 0.1) is 12.3 Å². The highest BCUT2D eigenvalue weighted by atomic mass is 32.2. The van der Waals surface area contributed by atoms with E-state index in [1.165, 1.54) is 34.7 Å². The molecule has 2 aliphatic heterocycles. The van der Waals surface area contributed by atoms with Crippen molar-refractivity contribution in [2.75, 3.05) is 55.7 Å². The van der Waals surface area contributed by atoms with Crippen LogP contribution in [0.5, 0.6) is 0 Å². The number of aliphatic hydroxyl groups excluding tert-OH is 1. The first-order valence-corrected chi connectivity index (χ1v) is 28.4. The molecule has 0 aliphatic carbocycles. The van der Waals surface area contributed by atoms with Gasteiger partial charge in [-0.2, -0.15) is 0 Å². The third-order valence-corrected chi connectivity index (χ3v) is 15.9. The monoisotopic (exact) mass is 1090 g/mol. The van der Waals surface area contributed by atoms with Gasteiger partial charge in [-0.1, -0.05) is 63.2 Å². The molecule has 6 amide bonds. The molecule has 0 radical (unpaired) electrons. The van der Waals surface area contributed by atoms with Crippen LogP contribution in [0.4, 0.5) is 10.9 Å². The highest BCUT2D eigenvalue weighted by Crippen LogP contribution is 2.32. The Morgan fingerprint density at radius 3 is 2.29 bits per heavy atom. The van der Waals surface area contributed by atoms with E-state index < -0.39 is 51.3 Å². The summed E-state index contributed by atoms with van der Waals surface area (Å²) in [6.45, 7) is 9.35. The van der Waals surface area contributed by atoms with E-state index in [1.54, 1.807) is 27.9 Å². The van der Waals surface area contributed by atoms with Crippen molar-refractivity contribution in [1.82, 2.24) is 44.7 Å². The predicted octanol–water partition coefficient (Wildman–Crippen LogP) is 4.91. The molecule has 2 aliphatic rings. The predicted molar refractivity (Wildman–Crippen MR) is 291 cm³/mol. The van der Waals surface area contributed by atoms with Crippen molar-refractivity contribution in [2.24, 2.45) is 5.41 Å². The number of aryl methyl sites for hydroxylation is 1. The van der Waals surface area contributed by atoms with E-state index in [-0.39, 0.29) is 68.6 Å². The summed E-state index contributed by atoms with van der Waals surface area (Å²) in [6, 6.07) is 19.0. The second-order valence-electron chi connectivity index (χ2n) is 19.9. The second-order valence-corrected chi connectivity index (χ2v) is 23.5. The van der Waals surface area contributed by atoms with Crippen molar-refractivity contribution in [3.63, 3.8) is 0 Å². The Kier molecular flexibility index (Phi) is 17.1. The lowest BCUT2D eigenvalue weighted by molar-refractivity contribution is -0.144. The summed E-state index contributed by atoms with van der Waals surface area (Å²) in [7, 11) is -3.55. The Labute approximate surface area is 449 Å². The topological polar surface area (TPSA) is 258 Å². The minimum absolute atomic E-state index is 0.0216. The van der Waals surface area contributed by atoms with Crippen LogP contribution in [0.3, 0.4) is 0 Å². The quantitative estimate of drug-likeness (QED) is 0.0768. The Morgan fingerprint density at radius 2 is 1.59 bits per heavy atom. The molecule has 4 aromatic heterocycles. The Morgan fingerprint density at radius 1 is 0.855 bits per heavy atom. The average Bonchev–Trinajstić information content (AvgIpc) is 4.25. The number of nitrogens with one attached hydrogen (secondary N) is 4. The van der Waals surface area contributed by atoms with Crippen LogP contribution in [-0.2, 0) is 40.5 Å². The summed E-state index contributed by atoms with van der Waals surface area (Å²) in [5.41, 5.74) is 7.34. The Bertz CT molecular complexity index is 3210. The number of carbonyl (C=O) groups is 6. The number of hydrogen-bond acceptors (Lipinski definition) is 15. The van der Waals surface area contributed by atoms with Crippen LogP contribution in [0.25, 0.3) is 32.8 Å². The highest BCUT2D eigenvalue weighted by Gasteiger charge is 2.44. The van der Waals surface area contributed by atoms with Gasteiger partial charge < -0.3 is 41.1 Å². The molecule has 20 nitrogen and oxygen atoms in total. The van der Waals surface area contributed by atoms with Crippen LogP contribution in [0.15, 0.2) is 96.2 Å². The fraction of sp³-hybridized carbons (Fsp3) is 0.377. The summed E-state index contributed by atoms with van der Waals surface area (Å²) < 4.78 is 24.4. The maximum atomic E-state index is 14.1. The van der Waals surface area contributed by atoms with E-state index in [0.29, 0.717) is 37.0 Å². The summed E-state index contributed by atoms with van der Waals surface area (Å²) >= 11 is 2.79. The molecule has 2 saturated heterocycles. The zero-order valence-electron chi connectivity index (χ0n) is 42.8. The Balaban J connectivity index is 0.776. The van der Waals surface area contributed by atoms with E-state index in [4.69, 9.17) is 0 Å². The second kappa shape index (κ2) is 23.7. The number of β-amino-alcohol motifs (C(OH)–C–C–N with tert-alkyl or cyclic N) is 1. The molecular formula is C53H61N11O9S3. The van der Waals surface area contributed by atoms with E-state index in [1.807, 2.05) is 93.7 Å². The van der Waals surface area contributed by atoms with Gasteiger partial charge in [0.25, 0.3) is 5.91 Å². The molecule has 76 heavy (non-hydrogen) atoms. The van der Waals surface area contributed by atoms with Gasteiger partial charge in [0, 0.05) is 88.1 Å².